The Kier molecular flexibility index (Phi) is 11.2. The van der Waals surface area contributed by atoms with E-state index in [1.165, 1.54) is 12.1 Å². The molecule has 1 saturated heterocycles. The Labute approximate surface area is 268 Å². The summed E-state index contributed by atoms with van der Waals surface area (Å²) in [6.45, 7) is 3.38. The fourth-order valence-corrected chi connectivity index (χ4v) is 5.84. The lowest BCUT2D eigenvalue weighted by Gasteiger charge is -2.32. The van der Waals surface area contributed by atoms with Gasteiger partial charge in [0, 0.05) is 26.1 Å². The number of halogens is 1. The van der Waals surface area contributed by atoms with Crippen LogP contribution in [-0.4, -0.2) is 44.7 Å². The van der Waals surface area contributed by atoms with E-state index >= 15 is 0 Å². The summed E-state index contributed by atoms with van der Waals surface area (Å²) in [5.41, 5.74) is 3.70. The molecular weight excluding hydrogens is 585 g/mol. The molecule has 0 aliphatic carbocycles. The first-order valence-corrected chi connectivity index (χ1v) is 15.8. The lowest BCUT2D eigenvalue weighted by Crippen LogP contribution is -2.38. The Morgan fingerprint density at radius 3 is 2.59 bits per heavy atom. The van der Waals surface area contributed by atoms with Gasteiger partial charge in [-0.1, -0.05) is 31.0 Å². The molecule has 0 unspecified atom stereocenters. The Balaban J connectivity index is 1.17. The molecule has 4 aromatic rings. The zero-order chi connectivity index (χ0) is 32.3. The van der Waals surface area contributed by atoms with Gasteiger partial charge in [-0.2, -0.15) is 10.5 Å². The number of nitrogens with zero attached hydrogens (tertiary/aromatic N) is 5. The molecule has 0 bridgehead atoms. The van der Waals surface area contributed by atoms with Crippen LogP contribution in [0.5, 0.6) is 11.5 Å². The number of piperidine rings is 1. The predicted molar refractivity (Wildman–Crippen MR) is 171 cm³/mol. The van der Waals surface area contributed by atoms with E-state index in [0.717, 1.165) is 98.0 Å². The average Bonchev–Trinajstić information content (AvgIpc) is 3.38. The van der Waals surface area contributed by atoms with Crippen molar-refractivity contribution in [3.8, 4) is 23.6 Å². The monoisotopic (exact) mass is 623 g/mol. The topological polar surface area (TPSA) is 124 Å². The molecule has 0 radical (unpaired) electrons. The number of aromatic nitrogens is 2. The Morgan fingerprint density at radius 2 is 1.83 bits per heavy atom. The van der Waals surface area contributed by atoms with Crippen molar-refractivity contribution in [2.75, 3.05) is 13.1 Å². The third-order valence-corrected chi connectivity index (χ3v) is 8.22. The molecule has 238 valence electrons. The summed E-state index contributed by atoms with van der Waals surface area (Å²) in [6, 6.07) is 21.6. The van der Waals surface area contributed by atoms with Crippen LogP contribution >= 0.6 is 0 Å². The van der Waals surface area contributed by atoms with Crippen LogP contribution in [0.2, 0.25) is 0 Å². The number of imidazole rings is 1. The zero-order valence-corrected chi connectivity index (χ0v) is 25.8. The molecule has 0 saturated carbocycles. The van der Waals surface area contributed by atoms with Gasteiger partial charge in [0.05, 0.1) is 41.7 Å². The van der Waals surface area contributed by atoms with Crippen LogP contribution < -0.4 is 9.47 Å². The van der Waals surface area contributed by atoms with Gasteiger partial charge in [0.15, 0.2) is 11.6 Å². The first-order chi connectivity index (χ1) is 22.4. The van der Waals surface area contributed by atoms with Gasteiger partial charge in [0.2, 0.25) is 0 Å². The molecule has 3 aromatic carbocycles. The highest BCUT2D eigenvalue weighted by Gasteiger charge is 2.23. The molecule has 5 rings (SSSR count). The SMILES string of the molecule is N#CCCCCCCn1c(CN2CCC(Oc3cccc(COc4ccc(C#N)cc4F)c3)CC2)nc2ccc(CC(=O)O)cc21. The van der Waals surface area contributed by atoms with Crippen molar-refractivity contribution >= 4 is 17.0 Å². The van der Waals surface area contributed by atoms with E-state index in [9.17, 15) is 14.3 Å². The minimum Gasteiger partial charge on any atom is -0.490 e. The summed E-state index contributed by atoms with van der Waals surface area (Å²) in [4.78, 5) is 18.7. The molecule has 0 amide bonds. The number of carboxylic acid groups (broad SMARTS) is 1. The molecule has 1 aromatic heterocycles. The third-order valence-electron chi connectivity index (χ3n) is 8.22. The van der Waals surface area contributed by atoms with E-state index in [4.69, 9.17) is 25.0 Å². The van der Waals surface area contributed by atoms with Gasteiger partial charge < -0.3 is 19.1 Å². The second-order valence-electron chi connectivity index (χ2n) is 11.7. The number of carboxylic acids is 1. The first-order valence-electron chi connectivity index (χ1n) is 15.8. The fraction of sp³-hybridized carbons (Fsp3) is 0.389. The van der Waals surface area contributed by atoms with Gasteiger partial charge >= 0.3 is 5.97 Å². The third kappa shape index (κ3) is 8.83. The van der Waals surface area contributed by atoms with Crippen molar-refractivity contribution in [3.05, 3.63) is 89.0 Å². The molecule has 10 heteroatoms. The van der Waals surface area contributed by atoms with E-state index < -0.39 is 11.8 Å². The van der Waals surface area contributed by atoms with Gasteiger partial charge in [0.1, 0.15) is 24.3 Å². The molecule has 9 nitrogen and oxygen atoms in total. The van der Waals surface area contributed by atoms with Crippen molar-refractivity contribution in [1.82, 2.24) is 14.5 Å². The number of carbonyl (C=O) groups is 1. The van der Waals surface area contributed by atoms with Gasteiger partial charge in [-0.05, 0) is 79.3 Å². The van der Waals surface area contributed by atoms with Crippen LogP contribution in [0.15, 0.2) is 60.7 Å². The maximum absolute atomic E-state index is 14.2. The van der Waals surface area contributed by atoms with Crippen LogP contribution in [0, 0.1) is 28.5 Å². The number of rotatable bonds is 15. The number of ether oxygens (including phenoxy) is 2. The quantitative estimate of drug-likeness (QED) is 0.144. The highest BCUT2D eigenvalue weighted by atomic mass is 19.1. The molecular formula is C36H38FN5O4. The lowest BCUT2D eigenvalue weighted by atomic mass is 10.1. The van der Waals surface area contributed by atoms with E-state index in [1.807, 2.05) is 48.5 Å². The van der Waals surface area contributed by atoms with Gasteiger partial charge in [-0.25, -0.2) is 9.37 Å². The first kappa shape index (κ1) is 32.5. The Morgan fingerprint density at radius 1 is 1.00 bits per heavy atom. The second kappa shape index (κ2) is 15.9. The normalized spacial score (nSPS) is 13.7. The van der Waals surface area contributed by atoms with Crippen LogP contribution in [-0.2, 0) is 30.9 Å². The minimum absolute atomic E-state index is 0.0241. The highest BCUT2D eigenvalue weighted by Crippen LogP contribution is 2.25. The Hall–Kier alpha value is -4.93. The van der Waals surface area contributed by atoms with Crippen molar-refractivity contribution in [2.24, 2.45) is 0 Å². The maximum Gasteiger partial charge on any atom is 0.307 e. The molecule has 2 heterocycles. The summed E-state index contributed by atoms with van der Waals surface area (Å²) < 4.78 is 28.4. The molecule has 46 heavy (non-hydrogen) atoms. The van der Waals surface area contributed by atoms with E-state index in [0.29, 0.717) is 13.0 Å². The summed E-state index contributed by atoms with van der Waals surface area (Å²) in [7, 11) is 0. The standard InChI is InChI=1S/C36H38FN5O4/c37-31-20-27(23-39)10-12-34(31)45-25-28-7-6-8-30(19-28)46-29-13-17-41(18-14-29)24-35-40-32-11-9-26(22-36(43)44)21-33(32)42(35)16-5-3-1-2-4-15-38/h6-12,19-21,29H,1-5,13-14,16-18,22,24-25H2,(H,43,44). The van der Waals surface area contributed by atoms with Crippen molar-refractivity contribution in [2.45, 2.75) is 77.2 Å². The van der Waals surface area contributed by atoms with E-state index in [1.54, 1.807) is 0 Å². The number of likely N-dealkylation sites (tertiary alicyclic amines) is 1. The molecule has 1 fully saturated rings. The number of unbranched alkanes of at least 4 members (excludes halogenated alkanes) is 4. The van der Waals surface area contributed by atoms with Crippen molar-refractivity contribution in [1.29, 1.82) is 10.5 Å². The Bertz CT molecular complexity index is 1730. The number of aryl methyl sites for hydroxylation is 1. The number of aliphatic carboxylic acids is 1. The number of hydrogen-bond acceptors (Lipinski definition) is 7. The summed E-state index contributed by atoms with van der Waals surface area (Å²) in [5, 5.41) is 27.0. The number of nitriles is 2. The average molecular weight is 624 g/mol. The summed E-state index contributed by atoms with van der Waals surface area (Å²) in [6.07, 6.45) is 6.26. The lowest BCUT2D eigenvalue weighted by molar-refractivity contribution is -0.136. The molecule has 0 atom stereocenters. The van der Waals surface area contributed by atoms with E-state index in [2.05, 4.69) is 15.5 Å². The second-order valence-corrected chi connectivity index (χ2v) is 11.7. The fourth-order valence-electron chi connectivity index (χ4n) is 5.84. The smallest absolute Gasteiger partial charge is 0.307 e. The molecule has 0 spiro atoms. The number of benzene rings is 3. The molecule has 1 N–H and O–H groups in total. The number of hydrogen-bond donors (Lipinski definition) is 1. The van der Waals surface area contributed by atoms with Crippen LogP contribution in [0.4, 0.5) is 4.39 Å². The van der Waals surface area contributed by atoms with Crippen LogP contribution in [0.25, 0.3) is 11.0 Å². The van der Waals surface area contributed by atoms with Crippen LogP contribution in [0.3, 0.4) is 0 Å². The highest BCUT2D eigenvalue weighted by molar-refractivity contribution is 5.79. The molecule has 1 aliphatic heterocycles. The van der Waals surface area contributed by atoms with E-state index in [-0.39, 0.29) is 30.4 Å². The van der Waals surface area contributed by atoms with Crippen molar-refractivity contribution < 1.29 is 23.8 Å². The van der Waals surface area contributed by atoms with Gasteiger partial charge in [-0.3, -0.25) is 9.69 Å². The van der Waals surface area contributed by atoms with Gasteiger partial charge in [-0.15, -0.1) is 0 Å². The van der Waals surface area contributed by atoms with Crippen LogP contribution in [0.1, 0.15) is 67.5 Å². The van der Waals surface area contributed by atoms with Crippen molar-refractivity contribution in [3.63, 3.8) is 0 Å². The maximum atomic E-state index is 14.2. The largest absolute Gasteiger partial charge is 0.490 e. The molecule has 1 aliphatic rings. The predicted octanol–water partition coefficient (Wildman–Crippen LogP) is 6.77. The number of fused-ring (bicyclic) bond motifs is 1. The van der Waals surface area contributed by atoms with Gasteiger partial charge in [0.25, 0.3) is 0 Å². The summed E-state index contributed by atoms with van der Waals surface area (Å²) >= 11 is 0. The zero-order valence-electron chi connectivity index (χ0n) is 25.8. The summed E-state index contributed by atoms with van der Waals surface area (Å²) in [5.74, 6) is 0.400. The minimum atomic E-state index is -0.855.